The lowest BCUT2D eigenvalue weighted by Gasteiger charge is -2.23. The highest BCUT2D eigenvalue weighted by Gasteiger charge is 2.17. The first-order valence-electron chi connectivity index (χ1n) is 6.23. The largest absolute Gasteiger partial charge is 0.501 e. The highest BCUT2D eigenvalue weighted by Crippen LogP contribution is 2.28. The molecular weight excluding hydrogens is 252 g/mol. The molecule has 0 fully saturated rings. The Labute approximate surface area is 111 Å². The van der Waals surface area contributed by atoms with Gasteiger partial charge >= 0.3 is 6.61 Å². The number of hydrogen-bond acceptors (Lipinski definition) is 3. The van der Waals surface area contributed by atoms with E-state index in [0.29, 0.717) is 0 Å². The third-order valence-electron chi connectivity index (χ3n) is 3.06. The summed E-state index contributed by atoms with van der Waals surface area (Å²) in [7, 11) is 1.86. The first-order valence-corrected chi connectivity index (χ1v) is 6.23. The van der Waals surface area contributed by atoms with Crippen LogP contribution in [-0.2, 0) is 4.74 Å². The number of ether oxygens (including phenoxy) is 2. The molecule has 0 bridgehead atoms. The second-order valence-electron chi connectivity index (χ2n) is 4.34. The van der Waals surface area contributed by atoms with E-state index >= 15 is 0 Å². The molecule has 1 atom stereocenters. The van der Waals surface area contributed by atoms with Gasteiger partial charge in [0.15, 0.2) is 0 Å². The molecule has 1 unspecified atom stereocenters. The van der Waals surface area contributed by atoms with Crippen LogP contribution in [-0.4, -0.2) is 20.3 Å². The van der Waals surface area contributed by atoms with E-state index in [1.165, 1.54) is 0 Å². The van der Waals surface area contributed by atoms with Gasteiger partial charge in [-0.1, -0.05) is 12.1 Å². The molecule has 104 valence electrons. The van der Waals surface area contributed by atoms with Gasteiger partial charge in [0.05, 0.1) is 18.9 Å². The lowest BCUT2D eigenvalue weighted by atomic mass is 9.95. The third-order valence-corrected chi connectivity index (χ3v) is 3.06. The standard InChI is InChI=1S/C14H17F2NO2/c1-17-13(11-3-2-8-18-9-11)10-4-6-12(7-5-10)19-14(15)16/h4-7,9,13-14,17H,2-3,8H2,1H3. The van der Waals surface area contributed by atoms with E-state index in [0.717, 1.165) is 30.6 Å². The summed E-state index contributed by atoms with van der Waals surface area (Å²) in [6, 6.07) is 6.72. The number of alkyl halides is 2. The summed E-state index contributed by atoms with van der Waals surface area (Å²) in [5.74, 6) is 0.169. The topological polar surface area (TPSA) is 30.5 Å². The Morgan fingerprint density at radius 2 is 2.00 bits per heavy atom. The zero-order chi connectivity index (χ0) is 13.7. The van der Waals surface area contributed by atoms with Crippen LogP contribution in [0.4, 0.5) is 8.78 Å². The zero-order valence-corrected chi connectivity index (χ0v) is 10.7. The molecule has 1 aromatic carbocycles. The first-order chi connectivity index (χ1) is 9.20. The number of benzene rings is 1. The van der Waals surface area contributed by atoms with Gasteiger partial charge in [-0.2, -0.15) is 8.78 Å². The van der Waals surface area contributed by atoms with Crippen molar-refractivity contribution in [1.29, 1.82) is 0 Å². The second-order valence-corrected chi connectivity index (χ2v) is 4.34. The molecule has 1 N–H and O–H groups in total. The van der Waals surface area contributed by atoms with Gasteiger partial charge in [0.25, 0.3) is 0 Å². The molecule has 0 aliphatic carbocycles. The van der Waals surface area contributed by atoms with Crippen LogP contribution in [0, 0.1) is 0 Å². The summed E-state index contributed by atoms with van der Waals surface area (Å²) in [6.45, 7) is -2.04. The van der Waals surface area contributed by atoms with Crippen LogP contribution in [0.15, 0.2) is 36.1 Å². The van der Waals surface area contributed by atoms with Gasteiger partial charge < -0.3 is 14.8 Å². The van der Waals surface area contributed by atoms with Crippen molar-refractivity contribution in [1.82, 2.24) is 5.32 Å². The maximum absolute atomic E-state index is 12.1. The molecule has 1 aliphatic heterocycles. The van der Waals surface area contributed by atoms with E-state index in [-0.39, 0.29) is 11.8 Å². The highest BCUT2D eigenvalue weighted by molar-refractivity contribution is 5.33. The first kappa shape index (κ1) is 13.8. The van der Waals surface area contributed by atoms with Crippen molar-refractivity contribution in [3.8, 4) is 5.75 Å². The average Bonchev–Trinajstić information content (AvgIpc) is 2.42. The average molecular weight is 269 g/mol. The lowest BCUT2D eigenvalue weighted by Crippen LogP contribution is -2.20. The van der Waals surface area contributed by atoms with Crippen LogP contribution in [0.25, 0.3) is 0 Å². The summed E-state index contributed by atoms with van der Waals surface area (Å²) < 4.78 is 33.8. The smallest absolute Gasteiger partial charge is 0.387 e. The van der Waals surface area contributed by atoms with E-state index in [2.05, 4.69) is 10.1 Å². The minimum atomic E-state index is -2.79. The van der Waals surface area contributed by atoms with Crippen LogP contribution in [0.2, 0.25) is 0 Å². The fraction of sp³-hybridized carbons (Fsp3) is 0.429. The predicted octanol–water partition coefficient (Wildman–Crippen LogP) is 3.24. The second kappa shape index (κ2) is 6.52. The summed E-state index contributed by atoms with van der Waals surface area (Å²) in [5.41, 5.74) is 2.16. The number of hydrogen-bond donors (Lipinski definition) is 1. The Bertz CT molecular complexity index is 432. The van der Waals surface area contributed by atoms with Gasteiger partial charge in [0.2, 0.25) is 0 Å². The Morgan fingerprint density at radius 1 is 1.26 bits per heavy atom. The van der Waals surface area contributed by atoms with E-state index in [1.54, 1.807) is 30.5 Å². The summed E-state index contributed by atoms with van der Waals surface area (Å²) in [6.07, 6.45) is 3.76. The SMILES string of the molecule is CNC(C1=COCCC1)c1ccc(OC(F)F)cc1. The lowest BCUT2D eigenvalue weighted by molar-refractivity contribution is -0.0498. The van der Waals surface area contributed by atoms with Crippen LogP contribution in [0.5, 0.6) is 5.75 Å². The summed E-state index contributed by atoms with van der Waals surface area (Å²) >= 11 is 0. The summed E-state index contributed by atoms with van der Waals surface area (Å²) in [4.78, 5) is 0. The molecule has 0 saturated carbocycles. The van der Waals surface area contributed by atoms with Gasteiger partial charge in [-0.25, -0.2) is 0 Å². The molecule has 0 amide bonds. The van der Waals surface area contributed by atoms with E-state index in [4.69, 9.17) is 4.74 Å². The van der Waals surface area contributed by atoms with Crippen molar-refractivity contribution < 1.29 is 18.3 Å². The predicted molar refractivity (Wildman–Crippen MR) is 68.1 cm³/mol. The Hall–Kier alpha value is -1.62. The van der Waals surface area contributed by atoms with E-state index in [9.17, 15) is 8.78 Å². The van der Waals surface area contributed by atoms with Gasteiger partial charge in [0.1, 0.15) is 5.75 Å². The van der Waals surface area contributed by atoms with Crippen LogP contribution in [0.3, 0.4) is 0 Å². The minimum Gasteiger partial charge on any atom is -0.501 e. The maximum atomic E-state index is 12.1. The van der Waals surface area contributed by atoms with E-state index < -0.39 is 6.61 Å². The molecule has 1 aliphatic rings. The molecule has 1 aromatic rings. The number of rotatable bonds is 5. The van der Waals surface area contributed by atoms with Crippen molar-refractivity contribution >= 4 is 0 Å². The van der Waals surface area contributed by atoms with Crippen molar-refractivity contribution in [3.63, 3.8) is 0 Å². The van der Waals surface area contributed by atoms with E-state index in [1.807, 2.05) is 7.05 Å². The molecule has 0 spiro atoms. The van der Waals surface area contributed by atoms with Crippen LogP contribution in [0.1, 0.15) is 24.4 Å². The zero-order valence-electron chi connectivity index (χ0n) is 10.7. The molecule has 2 rings (SSSR count). The fourth-order valence-electron chi connectivity index (χ4n) is 2.20. The minimum absolute atomic E-state index is 0.0425. The molecule has 1 heterocycles. The molecule has 0 saturated heterocycles. The number of halogens is 2. The Kier molecular flexibility index (Phi) is 4.74. The normalized spacial score (nSPS) is 16.7. The molecule has 5 heteroatoms. The van der Waals surface area contributed by atoms with Gasteiger partial charge in [0, 0.05) is 0 Å². The van der Waals surface area contributed by atoms with Gasteiger partial charge in [-0.05, 0) is 43.2 Å². The third kappa shape index (κ3) is 3.67. The Morgan fingerprint density at radius 3 is 2.53 bits per heavy atom. The molecular formula is C14H17F2NO2. The maximum Gasteiger partial charge on any atom is 0.387 e. The van der Waals surface area contributed by atoms with Gasteiger partial charge in [-0.3, -0.25) is 0 Å². The van der Waals surface area contributed by atoms with Crippen molar-refractivity contribution in [2.75, 3.05) is 13.7 Å². The summed E-state index contributed by atoms with van der Waals surface area (Å²) in [5, 5.41) is 3.21. The molecule has 3 nitrogen and oxygen atoms in total. The highest BCUT2D eigenvalue weighted by atomic mass is 19.3. The monoisotopic (exact) mass is 269 g/mol. The van der Waals surface area contributed by atoms with Crippen molar-refractivity contribution in [2.45, 2.75) is 25.5 Å². The van der Waals surface area contributed by atoms with Crippen molar-refractivity contribution in [3.05, 3.63) is 41.7 Å². The molecule has 0 aromatic heterocycles. The number of nitrogens with one attached hydrogen (secondary N) is 1. The van der Waals surface area contributed by atoms with Crippen LogP contribution >= 0.6 is 0 Å². The molecule has 0 radical (unpaired) electrons. The molecule has 19 heavy (non-hydrogen) atoms. The van der Waals surface area contributed by atoms with Crippen LogP contribution < -0.4 is 10.1 Å². The number of likely N-dealkylation sites (N-methyl/N-ethyl adjacent to an activating group) is 1. The van der Waals surface area contributed by atoms with Gasteiger partial charge in [-0.15, -0.1) is 0 Å². The quantitative estimate of drug-likeness (QED) is 0.890. The fourth-order valence-corrected chi connectivity index (χ4v) is 2.20. The van der Waals surface area contributed by atoms with Crippen molar-refractivity contribution in [2.24, 2.45) is 0 Å². The Balaban J connectivity index is 2.12.